The van der Waals surface area contributed by atoms with E-state index in [1.54, 1.807) is 19.1 Å². The van der Waals surface area contributed by atoms with E-state index in [9.17, 15) is 14.0 Å². The first-order valence-electron chi connectivity index (χ1n) is 10.7. The summed E-state index contributed by atoms with van der Waals surface area (Å²) in [5.41, 5.74) is 2.55. The molecule has 0 radical (unpaired) electrons. The van der Waals surface area contributed by atoms with Crippen LogP contribution >= 0.6 is 11.3 Å². The number of benzene rings is 2. The maximum absolute atomic E-state index is 13.9. The molecule has 1 aliphatic rings. The second kappa shape index (κ2) is 9.96. The zero-order valence-electron chi connectivity index (χ0n) is 17.8. The van der Waals surface area contributed by atoms with Crippen molar-refractivity contribution in [3.8, 4) is 5.75 Å². The first-order chi connectivity index (χ1) is 15.5. The average Bonchev–Trinajstić information content (AvgIpc) is 3.17. The van der Waals surface area contributed by atoms with Crippen LogP contribution in [-0.4, -0.2) is 17.9 Å². The van der Waals surface area contributed by atoms with Gasteiger partial charge in [-0.3, -0.25) is 9.59 Å². The minimum absolute atomic E-state index is 0.0152. The Morgan fingerprint density at radius 3 is 2.56 bits per heavy atom. The molecule has 1 heterocycles. The van der Waals surface area contributed by atoms with Crippen LogP contribution in [0.4, 0.5) is 9.39 Å². The number of rotatable bonds is 7. The zero-order valence-corrected chi connectivity index (χ0v) is 18.6. The number of amides is 2. The van der Waals surface area contributed by atoms with E-state index < -0.39 is 17.8 Å². The van der Waals surface area contributed by atoms with Crippen LogP contribution in [0.2, 0.25) is 0 Å². The van der Waals surface area contributed by atoms with Crippen molar-refractivity contribution in [2.45, 2.75) is 45.3 Å². The highest BCUT2D eigenvalue weighted by atomic mass is 32.1. The number of carbonyl (C=O) groups is 2. The molecule has 0 saturated carbocycles. The molecular weight excluding hydrogens is 427 g/mol. The van der Waals surface area contributed by atoms with Crippen LogP contribution in [0.15, 0.2) is 54.6 Å². The van der Waals surface area contributed by atoms with Gasteiger partial charge >= 0.3 is 0 Å². The number of hydrogen-bond acceptors (Lipinski definition) is 4. The van der Waals surface area contributed by atoms with Gasteiger partial charge in [0.05, 0.1) is 5.56 Å². The topological polar surface area (TPSA) is 67.4 Å². The number of ether oxygens (including phenoxy) is 1. The highest BCUT2D eigenvalue weighted by molar-refractivity contribution is 7.17. The van der Waals surface area contributed by atoms with E-state index in [1.165, 1.54) is 23.5 Å². The molecule has 2 amide bonds. The van der Waals surface area contributed by atoms with Gasteiger partial charge in [-0.25, -0.2) is 4.39 Å². The van der Waals surface area contributed by atoms with Crippen molar-refractivity contribution in [2.75, 3.05) is 5.32 Å². The molecule has 0 bridgehead atoms. The first kappa shape index (κ1) is 22.0. The lowest BCUT2D eigenvalue weighted by Gasteiger charge is -2.16. The third-order valence-electron chi connectivity index (χ3n) is 5.44. The van der Waals surface area contributed by atoms with Crippen molar-refractivity contribution in [3.05, 3.63) is 82.0 Å². The van der Waals surface area contributed by atoms with E-state index in [-0.39, 0.29) is 11.7 Å². The highest BCUT2D eigenvalue weighted by Crippen LogP contribution is 2.38. The van der Waals surface area contributed by atoms with Crippen LogP contribution in [0.25, 0.3) is 0 Å². The lowest BCUT2D eigenvalue weighted by atomic mass is 9.95. The molecule has 0 aliphatic heterocycles. The number of para-hydroxylation sites is 1. The van der Waals surface area contributed by atoms with Crippen LogP contribution in [0, 0.1) is 5.82 Å². The second-order valence-corrected chi connectivity index (χ2v) is 8.87. The summed E-state index contributed by atoms with van der Waals surface area (Å²) in [6.07, 6.45) is 2.88. The van der Waals surface area contributed by atoms with Crippen LogP contribution in [-0.2, 0) is 24.2 Å². The van der Waals surface area contributed by atoms with Gasteiger partial charge in [0.2, 0.25) is 0 Å². The maximum Gasteiger partial charge on any atom is 0.265 e. The van der Waals surface area contributed by atoms with E-state index in [1.807, 2.05) is 30.3 Å². The fourth-order valence-corrected chi connectivity index (χ4v) is 5.05. The molecule has 5 nitrogen and oxygen atoms in total. The van der Waals surface area contributed by atoms with Crippen molar-refractivity contribution in [3.63, 3.8) is 0 Å². The summed E-state index contributed by atoms with van der Waals surface area (Å²) in [4.78, 5) is 27.1. The number of fused-ring (bicyclic) bond motifs is 1. The Labute approximate surface area is 190 Å². The minimum Gasteiger partial charge on any atom is -0.478 e. The molecule has 1 aromatic heterocycles. The van der Waals surface area contributed by atoms with Gasteiger partial charge in [-0.1, -0.05) is 42.5 Å². The molecule has 4 rings (SSSR count). The molecule has 1 aliphatic carbocycles. The Morgan fingerprint density at radius 2 is 1.78 bits per heavy atom. The Morgan fingerprint density at radius 1 is 1.06 bits per heavy atom. The lowest BCUT2D eigenvalue weighted by Crippen LogP contribution is -2.31. The predicted molar refractivity (Wildman–Crippen MR) is 124 cm³/mol. The van der Waals surface area contributed by atoms with Crippen molar-refractivity contribution in [1.82, 2.24) is 5.32 Å². The van der Waals surface area contributed by atoms with Crippen molar-refractivity contribution < 1.29 is 18.7 Å². The standard InChI is InChI=1S/C25H25FN2O3S/c1-16(31-20-13-7-6-12-19(20)26)23(29)28-25-22(18-11-5-8-14-21(18)32-25)24(30)27-15-17-9-3-2-4-10-17/h2-4,6-7,9-10,12-13,16H,5,8,11,14-15H2,1H3,(H,27,30)(H,28,29). The molecule has 166 valence electrons. The summed E-state index contributed by atoms with van der Waals surface area (Å²) < 4.78 is 19.4. The summed E-state index contributed by atoms with van der Waals surface area (Å²) in [6, 6.07) is 15.6. The van der Waals surface area contributed by atoms with Gasteiger partial charge in [0.1, 0.15) is 5.00 Å². The maximum atomic E-state index is 13.9. The molecular formula is C25H25FN2O3S. The number of hydrogen-bond donors (Lipinski definition) is 2. The number of anilines is 1. The van der Waals surface area contributed by atoms with Crippen LogP contribution in [0.1, 0.15) is 46.1 Å². The molecule has 32 heavy (non-hydrogen) atoms. The monoisotopic (exact) mass is 452 g/mol. The lowest BCUT2D eigenvalue weighted by molar-refractivity contribution is -0.122. The molecule has 0 fully saturated rings. The van der Waals surface area contributed by atoms with Crippen molar-refractivity contribution in [2.24, 2.45) is 0 Å². The third kappa shape index (κ3) is 4.99. The summed E-state index contributed by atoms with van der Waals surface area (Å²) in [7, 11) is 0. The molecule has 3 aromatic rings. The molecule has 1 unspecified atom stereocenters. The molecule has 1 atom stereocenters. The van der Waals surface area contributed by atoms with E-state index in [0.717, 1.165) is 41.7 Å². The molecule has 0 saturated heterocycles. The van der Waals surface area contributed by atoms with Crippen LogP contribution in [0.3, 0.4) is 0 Å². The Hall–Kier alpha value is -3.19. The normalized spacial score (nSPS) is 13.7. The van der Waals surface area contributed by atoms with Crippen molar-refractivity contribution >= 4 is 28.2 Å². The van der Waals surface area contributed by atoms with Gasteiger partial charge in [-0.2, -0.15) is 0 Å². The van der Waals surface area contributed by atoms with E-state index in [0.29, 0.717) is 17.1 Å². The number of halogens is 1. The Kier molecular flexibility index (Phi) is 6.85. The van der Waals surface area contributed by atoms with E-state index in [2.05, 4.69) is 10.6 Å². The number of nitrogens with one attached hydrogen (secondary N) is 2. The summed E-state index contributed by atoms with van der Waals surface area (Å²) in [6.45, 7) is 1.97. The van der Waals surface area contributed by atoms with Crippen molar-refractivity contribution in [1.29, 1.82) is 0 Å². The molecule has 7 heteroatoms. The first-order valence-corrected chi connectivity index (χ1v) is 11.5. The SMILES string of the molecule is CC(Oc1ccccc1F)C(=O)Nc1sc2c(c1C(=O)NCc1ccccc1)CCCC2. The summed E-state index contributed by atoms with van der Waals surface area (Å²) in [5, 5.41) is 6.36. The second-order valence-electron chi connectivity index (χ2n) is 7.76. The number of thiophene rings is 1. The molecule has 2 N–H and O–H groups in total. The molecule has 2 aromatic carbocycles. The Balaban J connectivity index is 1.51. The van der Waals surface area contributed by atoms with Crippen LogP contribution < -0.4 is 15.4 Å². The predicted octanol–water partition coefficient (Wildman–Crippen LogP) is 5.10. The smallest absolute Gasteiger partial charge is 0.265 e. The van der Waals surface area contributed by atoms with E-state index >= 15 is 0 Å². The van der Waals surface area contributed by atoms with E-state index in [4.69, 9.17) is 4.74 Å². The summed E-state index contributed by atoms with van der Waals surface area (Å²) in [5.74, 6) is -1.14. The fourth-order valence-electron chi connectivity index (χ4n) is 3.76. The number of aryl methyl sites for hydroxylation is 1. The summed E-state index contributed by atoms with van der Waals surface area (Å²) >= 11 is 1.44. The van der Waals surface area contributed by atoms with Gasteiger partial charge in [0.25, 0.3) is 11.8 Å². The molecule has 0 spiro atoms. The van der Waals surface area contributed by atoms with Gasteiger partial charge < -0.3 is 15.4 Å². The number of carbonyl (C=O) groups excluding carboxylic acids is 2. The van der Waals surface area contributed by atoms with Gasteiger partial charge in [0, 0.05) is 11.4 Å². The Bertz CT molecular complexity index is 1110. The largest absolute Gasteiger partial charge is 0.478 e. The average molecular weight is 453 g/mol. The van der Waals surface area contributed by atoms with Gasteiger partial charge in [0.15, 0.2) is 17.7 Å². The zero-order chi connectivity index (χ0) is 22.5. The van der Waals surface area contributed by atoms with Crippen LogP contribution in [0.5, 0.6) is 5.75 Å². The minimum atomic E-state index is -0.925. The highest BCUT2D eigenvalue weighted by Gasteiger charge is 2.27. The quantitative estimate of drug-likeness (QED) is 0.524. The fraction of sp³-hybridized carbons (Fsp3) is 0.280. The van der Waals surface area contributed by atoms with Gasteiger partial charge in [-0.05, 0) is 55.9 Å². The van der Waals surface area contributed by atoms with Gasteiger partial charge in [-0.15, -0.1) is 11.3 Å². The third-order valence-corrected chi connectivity index (χ3v) is 6.65.